The van der Waals surface area contributed by atoms with E-state index < -0.39 is 5.97 Å². The molecule has 0 aromatic carbocycles. The van der Waals surface area contributed by atoms with Crippen LogP contribution in [0.25, 0.3) is 11.0 Å². The topological polar surface area (TPSA) is 57.8 Å². The van der Waals surface area contributed by atoms with Crippen LogP contribution in [0.4, 0.5) is 5.82 Å². The maximum absolute atomic E-state index is 10.7. The Morgan fingerprint density at radius 2 is 2.42 bits per heavy atom. The van der Waals surface area contributed by atoms with Crippen LogP contribution >= 0.6 is 11.3 Å². The smallest absolute Gasteiger partial charge is 0.328 e. The molecule has 0 aliphatic carbocycles. The SMILES string of the molecule is C=C(C)CN(C)c1nc2sccn2c1/C=C/C(=O)O. The molecule has 0 unspecified atom stereocenters. The summed E-state index contributed by atoms with van der Waals surface area (Å²) in [7, 11) is 1.92. The molecule has 2 heterocycles. The highest BCUT2D eigenvalue weighted by molar-refractivity contribution is 7.15. The molecule has 1 N–H and O–H groups in total. The van der Waals surface area contributed by atoms with Gasteiger partial charge in [0.15, 0.2) is 10.8 Å². The first-order valence-electron chi connectivity index (χ1n) is 5.71. The van der Waals surface area contributed by atoms with E-state index in [0.29, 0.717) is 6.54 Å². The van der Waals surface area contributed by atoms with Gasteiger partial charge in [-0.25, -0.2) is 9.78 Å². The minimum atomic E-state index is -0.973. The molecule has 0 atom stereocenters. The van der Waals surface area contributed by atoms with Gasteiger partial charge in [-0.15, -0.1) is 11.3 Å². The van der Waals surface area contributed by atoms with Crippen LogP contribution in [0.3, 0.4) is 0 Å². The highest BCUT2D eigenvalue weighted by Crippen LogP contribution is 2.25. The molecule has 0 spiro atoms. The summed E-state index contributed by atoms with van der Waals surface area (Å²) in [5.74, 6) is -0.217. The van der Waals surface area contributed by atoms with Crippen LogP contribution < -0.4 is 4.90 Å². The molecule has 2 aromatic heterocycles. The van der Waals surface area contributed by atoms with Crippen LogP contribution in [0.15, 0.2) is 29.8 Å². The van der Waals surface area contributed by atoms with Crippen molar-refractivity contribution in [3.05, 3.63) is 35.5 Å². The summed E-state index contributed by atoms with van der Waals surface area (Å²) < 4.78 is 1.88. The molecule has 0 saturated heterocycles. The molecule has 0 fully saturated rings. The van der Waals surface area contributed by atoms with E-state index in [-0.39, 0.29) is 0 Å². The molecule has 0 aliphatic rings. The summed E-state index contributed by atoms with van der Waals surface area (Å²) in [5.41, 5.74) is 1.79. The molecule has 0 radical (unpaired) electrons. The zero-order valence-corrected chi connectivity index (χ0v) is 11.6. The molecule has 6 heteroatoms. The van der Waals surface area contributed by atoms with Crippen LogP contribution in [0.1, 0.15) is 12.6 Å². The molecular weight excluding hydrogens is 262 g/mol. The van der Waals surface area contributed by atoms with Crippen molar-refractivity contribution in [2.24, 2.45) is 0 Å². The standard InChI is InChI=1S/C13H15N3O2S/c1-9(2)8-15(3)12-10(4-5-11(17)18)16-6-7-19-13(16)14-12/h4-7H,1,8H2,2-3H3,(H,17,18)/b5-4+. The number of likely N-dealkylation sites (N-methyl/N-ethyl adjacent to an activating group) is 1. The predicted octanol–water partition coefficient (Wildman–Crippen LogP) is 2.51. The summed E-state index contributed by atoms with van der Waals surface area (Å²) in [6.07, 6.45) is 4.57. The predicted molar refractivity (Wildman–Crippen MR) is 77.8 cm³/mol. The third-order valence-corrected chi connectivity index (χ3v) is 3.29. The van der Waals surface area contributed by atoms with E-state index in [0.717, 1.165) is 28.1 Å². The minimum absolute atomic E-state index is 0.679. The lowest BCUT2D eigenvalue weighted by atomic mass is 10.3. The van der Waals surface area contributed by atoms with Gasteiger partial charge in [-0.3, -0.25) is 4.40 Å². The Hall–Kier alpha value is -2.08. The number of aromatic nitrogens is 2. The first-order valence-corrected chi connectivity index (χ1v) is 6.59. The number of aliphatic carboxylic acids is 1. The fraction of sp³-hybridized carbons (Fsp3) is 0.231. The van der Waals surface area contributed by atoms with Crippen molar-refractivity contribution in [3.63, 3.8) is 0 Å². The number of rotatable bonds is 5. The normalized spacial score (nSPS) is 11.3. The number of carboxylic acids is 1. The number of fused-ring (bicyclic) bond motifs is 1. The van der Waals surface area contributed by atoms with Gasteiger partial charge in [0.1, 0.15) is 0 Å². The van der Waals surface area contributed by atoms with Gasteiger partial charge in [-0.2, -0.15) is 0 Å². The second kappa shape index (κ2) is 5.27. The minimum Gasteiger partial charge on any atom is -0.478 e. The second-order valence-electron chi connectivity index (χ2n) is 4.36. The molecule has 5 nitrogen and oxygen atoms in total. The van der Waals surface area contributed by atoms with E-state index in [1.165, 1.54) is 11.3 Å². The van der Waals surface area contributed by atoms with Crippen molar-refractivity contribution in [2.75, 3.05) is 18.5 Å². The van der Waals surface area contributed by atoms with Crippen molar-refractivity contribution in [1.82, 2.24) is 9.38 Å². The average molecular weight is 277 g/mol. The summed E-state index contributed by atoms with van der Waals surface area (Å²) in [6.45, 7) is 6.51. The van der Waals surface area contributed by atoms with Crippen molar-refractivity contribution in [2.45, 2.75) is 6.92 Å². The Balaban J connectivity index is 2.47. The number of nitrogens with zero attached hydrogens (tertiary/aromatic N) is 3. The molecule has 2 aromatic rings. The van der Waals surface area contributed by atoms with E-state index in [4.69, 9.17) is 5.11 Å². The summed E-state index contributed by atoms with van der Waals surface area (Å²) in [6, 6.07) is 0. The van der Waals surface area contributed by atoms with Gasteiger partial charge in [-0.05, 0) is 13.0 Å². The molecule has 0 saturated carbocycles. The lowest BCUT2D eigenvalue weighted by Gasteiger charge is -2.17. The summed E-state index contributed by atoms with van der Waals surface area (Å²) in [4.78, 5) is 18.0. The number of imidazole rings is 1. The van der Waals surface area contributed by atoms with E-state index in [9.17, 15) is 4.79 Å². The molecule has 100 valence electrons. The molecular formula is C13H15N3O2S. The van der Waals surface area contributed by atoms with Crippen LogP contribution in [-0.2, 0) is 4.79 Å². The largest absolute Gasteiger partial charge is 0.478 e. The maximum Gasteiger partial charge on any atom is 0.328 e. The van der Waals surface area contributed by atoms with Crippen LogP contribution in [0.5, 0.6) is 0 Å². The Kier molecular flexibility index (Phi) is 3.71. The Labute approximate surface area is 115 Å². The first kappa shape index (κ1) is 13.4. The molecule has 0 bridgehead atoms. The maximum atomic E-state index is 10.7. The highest BCUT2D eigenvalue weighted by atomic mass is 32.1. The van der Waals surface area contributed by atoms with Crippen molar-refractivity contribution in [1.29, 1.82) is 0 Å². The van der Waals surface area contributed by atoms with Crippen molar-refractivity contribution >= 4 is 34.2 Å². The van der Waals surface area contributed by atoms with E-state index in [2.05, 4.69) is 11.6 Å². The zero-order valence-electron chi connectivity index (χ0n) is 10.8. The quantitative estimate of drug-likeness (QED) is 0.674. The van der Waals surface area contributed by atoms with Gasteiger partial charge < -0.3 is 10.0 Å². The van der Waals surface area contributed by atoms with Gasteiger partial charge in [-0.1, -0.05) is 12.2 Å². The molecule has 0 aliphatic heterocycles. The number of hydrogen-bond acceptors (Lipinski definition) is 4. The summed E-state index contributed by atoms with van der Waals surface area (Å²) in [5, 5.41) is 10.7. The van der Waals surface area contributed by atoms with Gasteiger partial charge in [0.25, 0.3) is 0 Å². The average Bonchev–Trinajstić information content (AvgIpc) is 2.84. The van der Waals surface area contributed by atoms with Gasteiger partial charge >= 0.3 is 5.97 Å². The number of carboxylic acid groups (broad SMARTS) is 1. The third-order valence-electron chi connectivity index (χ3n) is 2.53. The second-order valence-corrected chi connectivity index (χ2v) is 5.23. The van der Waals surface area contributed by atoms with Crippen LogP contribution in [0.2, 0.25) is 0 Å². The summed E-state index contributed by atoms with van der Waals surface area (Å²) >= 11 is 1.51. The molecule has 0 amide bonds. The molecule has 2 rings (SSSR count). The van der Waals surface area contributed by atoms with Crippen molar-refractivity contribution in [3.8, 4) is 0 Å². The number of carbonyl (C=O) groups is 1. The molecule has 19 heavy (non-hydrogen) atoms. The lowest BCUT2D eigenvalue weighted by Crippen LogP contribution is -2.20. The van der Waals surface area contributed by atoms with Gasteiger partial charge in [0, 0.05) is 31.2 Å². The number of thiazole rings is 1. The fourth-order valence-electron chi connectivity index (χ4n) is 1.86. The van der Waals surface area contributed by atoms with Crippen LogP contribution in [0, 0.1) is 0 Å². The van der Waals surface area contributed by atoms with Crippen molar-refractivity contribution < 1.29 is 9.90 Å². The number of hydrogen-bond donors (Lipinski definition) is 1. The van der Waals surface area contributed by atoms with E-state index in [1.807, 2.05) is 34.8 Å². The highest BCUT2D eigenvalue weighted by Gasteiger charge is 2.14. The monoisotopic (exact) mass is 277 g/mol. The Morgan fingerprint density at radius 3 is 3.05 bits per heavy atom. The zero-order chi connectivity index (χ0) is 14.0. The van der Waals surface area contributed by atoms with Gasteiger partial charge in [0.05, 0.1) is 5.69 Å². The fourth-order valence-corrected chi connectivity index (χ4v) is 2.57. The Bertz CT molecular complexity index is 654. The Morgan fingerprint density at radius 1 is 1.68 bits per heavy atom. The lowest BCUT2D eigenvalue weighted by molar-refractivity contribution is -0.131. The van der Waals surface area contributed by atoms with E-state index >= 15 is 0 Å². The van der Waals surface area contributed by atoms with Gasteiger partial charge in [0.2, 0.25) is 0 Å². The first-order chi connectivity index (χ1) is 8.99. The number of anilines is 1. The van der Waals surface area contributed by atoms with Crippen LogP contribution in [-0.4, -0.2) is 34.1 Å². The van der Waals surface area contributed by atoms with E-state index in [1.54, 1.807) is 6.08 Å². The third kappa shape index (κ3) is 2.85.